The first-order valence-electron chi connectivity index (χ1n) is 6.96. The lowest BCUT2D eigenvalue weighted by Crippen LogP contribution is -2.35. The molecular formula is C18H23NO. The van der Waals surface area contributed by atoms with Crippen LogP contribution in [-0.2, 0) is 5.41 Å². The molecule has 2 heteroatoms. The number of ether oxygens (including phenoxy) is 1. The number of rotatable bonds is 5. The Labute approximate surface area is 121 Å². The molecule has 0 bridgehead atoms. The third-order valence-corrected chi connectivity index (χ3v) is 3.96. The van der Waals surface area contributed by atoms with Crippen molar-refractivity contribution in [3.8, 4) is 5.75 Å². The maximum Gasteiger partial charge on any atom is 0.119 e. The van der Waals surface area contributed by atoms with Crippen LogP contribution in [0.25, 0.3) is 0 Å². The van der Waals surface area contributed by atoms with Gasteiger partial charge in [-0.25, -0.2) is 0 Å². The highest BCUT2D eigenvalue weighted by atomic mass is 16.5. The molecule has 0 heterocycles. The monoisotopic (exact) mass is 269 g/mol. The van der Waals surface area contributed by atoms with Crippen LogP contribution in [0.5, 0.6) is 5.75 Å². The fourth-order valence-electron chi connectivity index (χ4n) is 2.80. The lowest BCUT2D eigenvalue weighted by molar-refractivity contribution is 0.365. The first-order chi connectivity index (χ1) is 9.59. The van der Waals surface area contributed by atoms with Gasteiger partial charge in [0.2, 0.25) is 0 Å². The Kier molecular flexibility index (Phi) is 4.46. The Bertz CT molecular complexity index is 548. The summed E-state index contributed by atoms with van der Waals surface area (Å²) in [5.74, 6) is 0.895. The lowest BCUT2D eigenvalue weighted by Gasteiger charge is -2.35. The second kappa shape index (κ2) is 6.10. The van der Waals surface area contributed by atoms with E-state index in [0.29, 0.717) is 0 Å². The minimum Gasteiger partial charge on any atom is -0.497 e. The summed E-state index contributed by atoms with van der Waals surface area (Å²) in [6.45, 7) is 4.53. The molecule has 0 saturated carbocycles. The minimum atomic E-state index is -0.0115. The smallest absolute Gasteiger partial charge is 0.119 e. The predicted molar refractivity (Wildman–Crippen MR) is 84.3 cm³/mol. The minimum absolute atomic E-state index is 0.0115. The normalized spacial score (nSPS) is 13.0. The van der Waals surface area contributed by atoms with Crippen molar-refractivity contribution in [1.29, 1.82) is 0 Å². The largest absolute Gasteiger partial charge is 0.497 e. The molecule has 1 unspecified atom stereocenters. The first-order valence-corrected chi connectivity index (χ1v) is 6.96. The van der Waals surface area contributed by atoms with Crippen molar-refractivity contribution in [2.45, 2.75) is 25.3 Å². The zero-order chi connectivity index (χ0) is 14.6. The SMILES string of the molecule is CNC(c1cccc(OC)c1)C(C)(C)c1ccccc1. The fourth-order valence-corrected chi connectivity index (χ4v) is 2.80. The quantitative estimate of drug-likeness (QED) is 0.888. The molecule has 0 saturated heterocycles. The molecule has 0 radical (unpaired) electrons. The van der Waals surface area contributed by atoms with E-state index >= 15 is 0 Å². The van der Waals surface area contributed by atoms with Crippen LogP contribution in [-0.4, -0.2) is 14.2 Å². The van der Waals surface area contributed by atoms with Crippen molar-refractivity contribution in [1.82, 2.24) is 5.32 Å². The number of hydrogen-bond acceptors (Lipinski definition) is 2. The summed E-state index contributed by atoms with van der Waals surface area (Å²) in [6.07, 6.45) is 0. The van der Waals surface area contributed by atoms with Crippen molar-refractivity contribution < 1.29 is 4.74 Å². The van der Waals surface area contributed by atoms with Gasteiger partial charge in [-0.1, -0.05) is 56.3 Å². The molecule has 0 spiro atoms. The van der Waals surface area contributed by atoms with Gasteiger partial charge in [-0.15, -0.1) is 0 Å². The van der Waals surface area contributed by atoms with Crippen LogP contribution in [0.3, 0.4) is 0 Å². The van der Waals surface area contributed by atoms with Gasteiger partial charge in [0.25, 0.3) is 0 Å². The molecule has 2 aromatic carbocycles. The number of likely N-dealkylation sites (N-methyl/N-ethyl adjacent to an activating group) is 1. The van der Waals surface area contributed by atoms with Gasteiger partial charge < -0.3 is 10.1 Å². The fraction of sp³-hybridized carbons (Fsp3) is 0.333. The molecule has 2 aromatic rings. The molecule has 2 nitrogen and oxygen atoms in total. The van der Waals surface area contributed by atoms with E-state index in [1.165, 1.54) is 11.1 Å². The van der Waals surface area contributed by atoms with Gasteiger partial charge >= 0.3 is 0 Å². The van der Waals surface area contributed by atoms with E-state index in [9.17, 15) is 0 Å². The third kappa shape index (κ3) is 2.86. The Morgan fingerprint density at radius 1 is 1.00 bits per heavy atom. The van der Waals surface area contributed by atoms with E-state index in [2.05, 4.69) is 61.6 Å². The van der Waals surface area contributed by atoms with Gasteiger partial charge in [-0.05, 0) is 30.3 Å². The van der Waals surface area contributed by atoms with E-state index in [4.69, 9.17) is 4.74 Å². The number of hydrogen-bond donors (Lipinski definition) is 1. The second-order valence-corrected chi connectivity index (χ2v) is 5.59. The van der Waals surface area contributed by atoms with Gasteiger partial charge in [-0.2, -0.15) is 0 Å². The van der Waals surface area contributed by atoms with Crippen LogP contribution >= 0.6 is 0 Å². The average Bonchev–Trinajstić information content (AvgIpc) is 2.49. The van der Waals surface area contributed by atoms with Crippen LogP contribution < -0.4 is 10.1 Å². The summed E-state index contributed by atoms with van der Waals surface area (Å²) in [6, 6.07) is 19.1. The van der Waals surface area contributed by atoms with Crippen molar-refractivity contribution in [3.63, 3.8) is 0 Å². The first kappa shape index (κ1) is 14.6. The molecule has 0 aromatic heterocycles. The number of nitrogens with one attached hydrogen (secondary N) is 1. The van der Waals surface area contributed by atoms with Gasteiger partial charge in [0, 0.05) is 11.5 Å². The summed E-state index contributed by atoms with van der Waals surface area (Å²) < 4.78 is 5.34. The van der Waals surface area contributed by atoms with E-state index in [-0.39, 0.29) is 11.5 Å². The topological polar surface area (TPSA) is 21.3 Å². The molecule has 0 amide bonds. The molecule has 0 fully saturated rings. The van der Waals surface area contributed by atoms with Crippen molar-refractivity contribution in [3.05, 3.63) is 65.7 Å². The molecule has 20 heavy (non-hydrogen) atoms. The molecule has 2 rings (SSSR count). The van der Waals surface area contributed by atoms with E-state index in [1.54, 1.807) is 7.11 Å². The van der Waals surface area contributed by atoms with Crippen molar-refractivity contribution in [2.75, 3.05) is 14.2 Å². The van der Waals surface area contributed by atoms with E-state index in [0.717, 1.165) is 5.75 Å². The van der Waals surface area contributed by atoms with E-state index < -0.39 is 0 Å². The summed E-state index contributed by atoms with van der Waals surface area (Å²) in [5.41, 5.74) is 2.55. The molecule has 1 N–H and O–H groups in total. The molecule has 0 aliphatic heterocycles. The maximum atomic E-state index is 5.34. The third-order valence-electron chi connectivity index (χ3n) is 3.96. The molecule has 0 aliphatic carbocycles. The summed E-state index contributed by atoms with van der Waals surface area (Å²) in [7, 11) is 3.71. The van der Waals surface area contributed by atoms with Gasteiger partial charge in [-0.3, -0.25) is 0 Å². The molecular weight excluding hydrogens is 246 g/mol. The van der Waals surface area contributed by atoms with E-state index in [1.807, 2.05) is 19.2 Å². The Morgan fingerprint density at radius 3 is 2.30 bits per heavy atom. The lowest BCUT2D eigenvalue weighted by atomic mass is 9.75. The Balaban J connectivity index is 2.40. The Morgan fingerprint density at radius 2 is 1.70 bits per heavy atom. The van der Waals surface area contributed by atoms with Gasteiger partial charge in [0.15, 0.2) is 0 Å². The van der Waals surface area contributed by atoms with Gasteiger partial charge in [0.1, 0.15) is 5.75 Å². The summed E-state index contributed by atoms with van der Waals surface area (Å²) in [5, 5.41) is 3.45. The van der Waals surface area contributed by atoms with Crippen LogP contribution in [0.2, 0.25) is 0 Å². The highest BCUT2D eigenvalue weighted by Gasteiger charge is 2.31. The predicted octanol–water partition coefficient (Wildman–Crippen LogP) is 3.93. The number of benzene rings is 2. The molecule has 0 aliphatic rings. The summed E-state index contributed by atoms with van der Waals surface area (Å²) in [4.78, 5) is 0. The molecule has 1 atom stereocenters. The van der Waals surface area contributed by atoms with Crippen LogP contribution in [0.1, 0.15) is 31.0 Å². The second-order valence-electron chi connectivity index (χ2n) is 5.59. The van der Waals surface area contributed by atoms with Crippen LogP contribution in [0.15, 0.2) is 54.6 Å². The van der Waals surface area contributed by atoms with Crippen LogP contribution in [0, 0.1) is 0 Å². The van der Waals surface area contributed by atoms with Crippen molar-refractivity contribution in [2.24, 2.45) is 0 Å². The summed E-state index contributed by atoms with van der Waals surface area (Å²) >= 11 is 0. The highest BCUT2D eigenvalue weighted by molar-refractivity contribution is 5.36. The molecule has 106 valence electrons. The average molecular weight is 269 g/mol. The van der Waals surface area contributed by atoms with Gasteiger partial charge in [0.05, 0.1) is 7.11 Å². The number of methoxy groups -OCH3 is 1. The highest BCUT2D eigenvalue weighted by Crippen LogP contribution is 2.37. The zero-order valence-electron chi connectivity index (χ0n) is 12.7. The Hall–Kier alpha value is -1.80. The standard InChI is InChI=1S/C18H23NO/c1-18(2,15-10-6-5-7-11-15)17(19-3)14-9-8-12-16(13-14)20-4/h5-13,17,19H,1-4H3. The van der Waals surface area contributed by atoms with Crippen molar-refractivity contribution >= 4 is 0 Å². The van der Waals surface area contributed by atoms with Crippen LogP contribution in [0.4, 0.5) is 0 Å². The maximum absolute atomic E-state index is 5.34. The zero-order valence-corrected chi connectivity index (χ0v) is 12.7.